The third-order valence-corrected chi connectivity index (χ3v) is 5.98. The van der Waals surface area contributed by atoms with E-state index in [0.717, 1.165) is 42.9 Å². The van der Waals surface area contributed by atoms with Crippen molar-refractivity contribution in [2.24, 2.45) is 5.92 Å². The van der Waals surface area contributed by atoms with Crippen molar-refractivity contribution in [1.82, 2.24) is 10.2 Å². The molecule has 3 rings (SSSR count). The number of piperidine rings is 1. The standard InChI is InChI=1S/C20H29ClN2O/c21-19-8-4-1-5-17(19)15-23(18-6-2-3-7-18)20(24)10-9-16-11-13-22-14-12-16/h1,4-5,8,16,18,22H,2-3,6-7,9-15H2. The predicted octanol–water partition coefficient (Wildman–Crippen LogP) is 4.39. The van der Waals surface area contributed by atoms with Gasteiger partial charge in [-0.25, -0.2) is 0 Å². The van der Waals surface area contributed by atoms with Crippen molar-refractivity contribution in [3.05, 3.63) is 34.9 Å². The van der Waals surface area contributed by atoms with E-state index in [1.165, 1.54) is 25.7 Å². The van der Waals surface area contributed by atoms with Gasteiger partial charge in [0, 0.05) is 24.0 Å². The fraction of sp³-hybridized carbons (Fsp3) is 0.650. The topological polar surface area (TPSA) is 32.3 Å². The van der Waals surface area contributed by atoms with Crippen molar-refractivity contribution < 1.29 is 4.79 Å². The maximum atomic E-state index is 13.0. The lowest BCUT2D eigenvalue weighted by molar-refractivity contribution is -0.134. The summed E-state index contributed by atoms with van der Waals surface area (Å²) >= 11 is 6.33. The summed E-state index contributed by atoms with van der Waals surface area (Å²) in [5.74, 6) is 1.03. The molecule has 1 saturated carbocycles. The Kier molecular flexibility index (Phi) is 6.56. The van der Waals surface area contributed by atoms with Crippen molar-refractivity contribution in [2.75, 3.05) is 13.1 Å². The first-order valence-electron chi connectivity index (χ1n) is 9.47. The Morgan fingerprint density at radius 3 is 2.54 bits per heavy atom. The molecular formula is C20H29ClN2O. The lowest BCUT2D eigenvalue weighted by atomic mass is 9.93. The molecule has 1 aliphatic heterocycles. The van der Waals surface area contributed by atoms with Crippen molar-refractivity contribution in [2.45, 2.75) is 64.0 Å². The summed E-state index contributed by atoms with van der Waals surface area (Å²) in [7, 11) is 0. The predicted molar refractivity (Wildman–Crippen MR) is 99.1 cm³/mol. The van der Waals surface area contributed by atoms with Gasteiger partial charge < -0.3 is 10.2 Å². The zero-order valence-corrected chi connectivity index (χ0v) is 15.2. The van der Waals surface area contributed by atoms with Gasteiger partial charge in [-0.05, 0) is 62.7 Å². The van der Waals surface area contributed by atoms with Crippen LogP contribution in [0.5, 0.6) is 0 Å². The molecule has 2 fully saturated rings. The highest BCUT2D eigenvalue weighted by Gasteiger charge is 2.27. The Morgan fingerprint density at radius 1 is 1.12 bits per heavy atom. The minimum atomic E-state index is 0.320. The Morgan fingerprint density at radius 2 is 1.83 bits per heavy atom. The molecule has 0 atom stereocenters. The molecule has 4 heteroatoms. The zero-order chi connectivity index (χ0) is 16.8. The maximum Gasteiger partial charge on any atom is 0.223 e. The number of amides is 1. The highest BCUT2D eigenvalue weighted by Crippen LogP contribution is 2.28. The van der Waals surface area contributed by atoms with Gasteiger partial charge in [0.05, 0.1) is 0 Å². The molecule has 3 nitrogen and oxygen atoms in total. The summed E-state index contributed by atoms with van der Waals surface area (Å²) in [6, 6.07) is 8.33. The van der Waals surface area contributed by atoms with Crippen LogP contribution in [-0.2, 0) is 11.3 Å². The van der Waals surface area contributed by atoms with Crippen LogP contribution in [0.3, 0.4) is 0 Å². The molecule has 1 aliphatic carbocycles. The van der Waals surface area contributed by atoms with Crippen molar-refractivity contribution in [1.29, 1.82) is 0 Å². The number of carbonyl (C=O) groups excluding carboxylic acids is 1. The average molecular weight is 349 g/mol. The van der Waals surface area contributed by atoms with E-state index >= 15 is 0 Å². The van der Waals surface area contributed by atoms with E-state index in [1.54, 1.807) is 0 Å². The lowest BCUT2D eigenvalue weighted by Crippen LogP contribution is -2.38. The Labute approximate surface area is 150 Å². The zero-order valence-electron chi connectivity index (χ0n) is 14.5. The van der Waals surface area contributed by atoms with Crippen LogP contribution in [0.1, 0.15) is 56.9 Å². The second-order valence-corrected chi connectivity index (χ2v) is 7.69. The van der Waals surface area contributed by atoms with Crippen LogP contribution in [0.2, 0.25) is 5.02 Å². The van der Waals surface area contributed by atoms with Gasteiger partial charge >= 0.3 is 0 Å². The van der Waals surface area contributed by atoms with Gasteiger partial charge in [0.15, 0.2) is 0 Å². The van der Waals surface area contributed by atoms with Crippen LogP contribution >= 0.6 is 11.6 Å². The van der Waals surface area contributed by atoms with Crippen LogP contribution in [0.25, 0.3) is 0 Å². The third-order valence-electron chi connectivity index (χ3n) is 5.61. The second-order valence-electron chi connectivity index (χ2n) is 7.28. The SMILES string of the molecule is O=C(CCC1CCNCC1)N(Cc1ccccc1Cl)C1CCCC1. The normalized spacial score (nSPS) is 19.5. The molecule has 1 amide bonds. The molecule has 1 aromatic carbocycles. The smallest absolute Gasteiger partial charge is 0.223 e. The summed E-state index contributed by atoms with van der Waals surface area (Å²) < 4.78 is 0. The summed E-state index contributed by atoms with van der Waals surface area (Å²) in [6.45, 7) is 2.87. The number of hydrogen-bond donors (Lipinski definition) is 1. The molecule has 1 heterocycles. The van der Waals surface area contributed by atoms with Crippen LogP contribution < -0.4 is 5.32 Å². The first kappa shape index (κ1) is 17.8. The van der Waals surface area contributed by atoms with Crippen molar-refractivity contribution in [3.63, 3.8) is 0 Å². The molecule has 1 saturated heterocycles. The number of nitrogens with zero attached hydrogens (tertiary/aromatic N) is 1. The van der Waals surface area contributed by atoms with Gasteiger partial charge in [-0.2, -0.15) is 0 Å². The minimum absolute atomic E-state index is 0.320. The van der Waals surface area contributed by atoms with E-state index < -0.39 is 0 Å². The quantitative estimate of drug-likeness (QED) is 0.826. The Hall–Kier alpha value is -1.06. The molecule has 0 radical (unpaired) electrons. The van der Waals surface area contributed by atoms with E-state index in [2.05, 4.69) is 10.2 Å². The molecule has 0 spiro atoms. The highest BCUT2D eigenvalue weighted by atomic mass is 35.5. The molecule has 24 heavy (non-hydrogen) atoms. The fourth-order valence-corrected chi connectivity index (χ4v) is 4.28. The number of carbonyl (C=O) groups is 1. The first-order valence-corrected chi connectivity index (χ1v) is 9.85. The van der Waals surface area contributed by atoms with Gasteiger partial charge in [0.1, 0.15) is 0 Å². The molecular weight excluding hydrogens is 320 g/mol. The largest absolute Gasteiger partial charge is 0.335 e. The van der Waals surface area contributed by atoms with Crippen LogP contribution in [0.15, 0.2) is 24.3 Å². The van der Waals surface area contributed by atoms with E-state index in [9.17, 15) is 4.79 Å². The van der Waals surface area contributed by atoms with Gasteiger partial charge in [-0.15, -0.1) is 0 Å². The number of hydrogen-bond acceptors (Lipinski definition) is 2. The maximum absolute atomic E-state index is 13.0. The molecule has 132 valence electrons. The van der Waals surface area contributed by atoms with E-state index in [-0.39, 0.29) is 0 Å². The fourth-order valence-electron chi connectivity index (χ4n) is 4.09. The average Bonchev–Trinajstić information content (AvgIpc) is 3.14. The monoisotopic (exact) mass is 348 g/mol. The van der Waals surface area contributed by atoms with E-state index in [1.807, 2.05) is 24.3 Å². The molecule has 0 aromatic heterocycles. The number of halogens is 1. The Bertz CT molecular complexity index is 536. The van der Waals surface area contributed by atoms with Crippen LogP contribution in [0, 0.1) is 5.92 Å². The number of nitrogens with one attached hydrogen (secondary N) is 1. The molecule has 0 bridgehead atoms. The number of benzene rings is 1. The van der Waals surface area contributed by atoms with Crippen molar-refractivity contribution >= 4 is 17.5 Å². The van der Waals surface area contributed by atoms with Crippen molar-refractivity contribution in [3.8, 4) is 0 Å². The van der Waals surface area contributed by atoms with Gasteiger partial charge in [-0.1, -0.05) is 42.6 Å². The second kappa shape index (κ2) is 8.87. The van der Waals surface area contributed by atoms with Gasteiger partial charge in [0.25, 0.3) is 0 Å². The van der Waals surface area contributed by atoms with E-state index in [4.69, 9.17) is 11.6 Å². The molecule has 0 unspecified atom stereocenters. The number of rotatable bonds is 6. The summed E-state index contributed by atoms with van der Waals surface area (Å²) in [5, 5.41) is 4.17. The summed E-state index contributed by atoms with van der Waals surface area (Å²) in [5.41, 5.74) is 1.07. The van der Waals surface area contributed by atoms with E-state index in [0.29, 0.717) is 30.8 Å². The summed E-state index contributed by atoms with van der Waals surface area (Å²) in [4.78, 5) is 15.1. The lowest BCUT2D eigenvalue weighted by Gasteiger charge is -2.30. The summed E-state index contributed by atoms with van der Waals surface area (Å²) in [6.07, 6.45) is 8.91. The van der Waals surface area contributed by atoms with Crippen LogP contribution in [0.4, 0.5) is 0 Å². The molecule has 1 N–H and O–H groups in total. The van der Waals surface area contributed by atoms with Gasteiger partial charge in [-0.3, -0.25) is 4.79 Å². The Balaban J connectivity index is 1.62. The highest BCUT2D eigenvalue weighted by molar-refractivity contribution is 6.31. The molecule has 1 aromatic rings. The first-order chi connectivity index (χ1) is 11.7. The van der Waals surface area contributed by atoms with Gasteiger partial charge in [0.2, 0.25) is 5.91 Å². The van der Waals surface area contributed by atoms with Crippen LogP contribution in [-0.4, -0.2) is 29.9 Å². The third kappa shape index (κ3) is 4.73. The minimum Gasteiger partial charge on any atom is -0.335 e. The molecule has 2 aliphatic rings.